The SMILES string of the molecule is CCCC1(CC=C(C)Cl)Cc2cc(CC(=O)O)c(Cl)c(Cl)c2C1=O. The Bertz CT molecular complexity index is 721. The molecule has 0 aromatic heterocycles. The molecule has 1 atom stereocenters. The molecule has 1 aliphatic rings. The van der Waals surface area contributed by atoms with Crippen LogP contribution in [0.25, 0.3) is 0 Å². The summed E-state index contributed by atoms with van der Waals surface area (Å²) in [6, 6.07) is 1.71. The summed E-state index contributed by atoms with van der Waals surface area (Å²) < 4.78 is 0. The molecule has 0 amide bonds. The van der Waals surface area contributed by atoms with E-state index in [0.717, 1.165) is 12.0 Å². The van der Waals surface area contributed by atoms with Gasteiger partial charge in [0.05, 0.1) is 16.5 Å². The average molecular weight is 390 g/mol. The Morgan fingerprint density at radius 2 is 2.04 bits per heavy atom. The molecule has 0 spiro atoms. The molecule has 6 heteroatoms. The summed E-state index contributed by atoms with van der Waals surface area (Å²) in [6.45, 7) is 3.81. The van der Waals surface area contributed by atoms with Crippen LogP contribution in [0, 0.1) is 5.41 Å². The third kappa shape index (κ3) is 3.63. The van der Waals surface area contributed by atoms with Crippen LogP contribution in [-0.4, -0.2) is 16.9 Å². The number of hydrogen-bond donors (Lipinski definition) is 1. The molecule has 0 heterocycles. The number of ketones is 1. The van der Waals surface area contributed by atoms with Gasteiger partial charge < -0.3 is 5.11 Å². The number of carbonyl (C=O) groups excluding carboxylic acids is 1. The van der Waals surface area contributed by atoms with Crippen molar-refractivity contribution in [3.05, 3.63) is 43.9 Å². The van der Waals surface area contributed by atoms with E-state index in [1.54, 1.807) is 13.0 Å². The first-order chi connectivity index (χ1) is 11.2. The van der Waals surface area contributed by atoms with Crippen LogP contribution in [-0.2, 0) is 17.6 Å². The van der Waals surface area contributed by atoms with Gasteiger partial charge in [0.1, 0.15) is 0 Å². The van der Waals surface area contributed by atoms with E-state index in [1.165, 1.54) is 0 Å². The lowest BCUT2D eigenvalue weighted by atomic mass is 9.76. The smallest absolute Gasteiger partial charge is 0.307 e. The lowest BCUT2D eigenvalue weighted by molar-refractivity contribution is -0.136. The molecular formula is C18H19Cl3O3. The van der Waals surface area contributed by atoms with E-state index in [-0.39, 0.29) is 22.2 Å². The minimum atomic E-state index is -0.988. The van der Waals surface area contributed by atoms with Crippen molar-refractivity contribution in [1.82, 2.24) is 0 Å². The molecule has 1 aliphatic carbocycles. The van der Waals surface area contributed by atoms with E-state index < -0.39 is 11.4 Å². The molecule has 2 rings (SSSR count). The second-order valence-corrected chi connectivity index (χ2v) is 7.65. The van der Waals surface area contributed by atoms with Crippen molar-refractivity contribution < 1.29 is 14.7 Å². The van der Waals surface area contributed by atoms with Crippen molar-refractivity contribution in [1.29, 1.82) is 0 Å². The lowest BCUT2D eigenvalue weighted by Gasteiger charge is -2.25. The van der Waals surface area contributed by atoms with Crippen LogP contribution in [0.1, 0.15) is 54.6 Å². The molecule has 0 saturated carbocycles. The molecule has 1 unspecified atom stereocenters. The fourth-order valence-corrected chi connectivity index (χ4v) is 4.03. The van der Waals surface area contributed by atoms with Gasteiger partial charge in [-0.15, -0.1) is 0 Å². The number of aliphatic carboxylic acids is 1. The van der Waals surface area contributed by atoms with Gasteiger partial charge in [0.15, 0.2) is 5.78 Å². The number of Topliss-reactive ketones (excluding diaryl/α,β-unsaturated/α-hetero) is 1. The maximum Gasteiger partial charge on any atom is 0.307 e. The van der Waals surface area contributed by atoms with Crippen molar-refractivity contribution in [2.45, 2.75) is 46.0 Å². The summed E-state index contributed by atoms with van der Waals surface area (Å²) in [6.07, 6.45) is 4.26. The Morgan fingerprint density at radius 1 is 1.38 bits per heavy atom. The summed E-state index contributed by atoms with van der Waals surface area (Å²) in [5.41, 5.74) is 1.07. The van der Waals surface area contributed by atoms with Gasteiger partial charge in [-0.2, -0.15) is 0 Å². The molecule has 1 aromatic rings. The third-order valence-electron chi connectivity index (χ3n) is 4.45. The van der Waals surface area contributed by atoms with Crippen LogP contribution >= 0.6 is 34.8 Å². The fourth-order valence-electron chi connectivity index (χ4n) is 3.41. The summed E-state index contributed by atoms with van der Waals surface area (Å²) >= 11 is 18.5. The Hall–Kier alpha value is -1.03. The largest absolute Gasteiger partial charge is 0.481 e. The zero-order valence-corrected chi connectivity index (χ0v) is 15.9. The van der Waals surface area contributed by atoms with Gasteiger partial charge in [0.2, 0.25) is 0 Å². The Morgan fingerprint density at radius 3 is 2.58 bits per heavy atom. The molecule has 130 valence electrons. The number of halogens is 3. The highest BCUT2D eigenvalue weighted by atomic mass is 35.5. The summed E-state index contributed by atoms with van der Waals surface area (Å²) in [4.78, 5) is 24.1. The van der Waals surface area contributed by atoms with Crippen LogP contribution in [0.15, 0.2) is 17.2 Å². The van der Waals surface area contributed by atoms with E-state index >= 15 is 0 Å². The molecule has 3 nitrogen and oxygen atoms in total. The van der Waals surface area contributed by atoms with E-state index in [1.807, 2.05) is 13.0 Å². The van der Waals surface area contributed by atoms with Gasteiger partial charge in [-0.1, -0.05) is 60.3 Å². The summed E-state index contributed by atoms with van der Waals surface area (Å²) in [7, 11) is 0. The standard InChI is InChI=1S/C18H19Cl3O3/c1-3-5-18(6-4-10(2)19)9-12-7-11(8-13(22)23)15(20)16(21)14(12)17(18)24/h4,7H,3,5-6,8-9H2,1-2H3,(H,22,23). The molecule has 0 bridgehead atoms. The summed E-state index contributed by atoms with van der Waals surface area (Å²) in [5, 5.41) is 9.99. The van der Waals surface area contributed by atoms with E-state index in [2.05, 4.69) is 0 Å². The first kappa shape index (κ1) is 19.3. The number of carbonyl (C=O) groups is 2. The zero-order valence-electron chi connectivity index (χ0n) is 13.6. The maximum atomic E-state index is 13.1. The average Bonchev–Trinajstić information content (AvgIpc) is 2.75. The number of carboxylic acids is 1. The van der Waals surface area contributed by atoms with Crippen molar-refractivity contribution >= 4 is 46.6 Å². The number of hydrogen-bond acceptors (Lipinski definition) is 2. The van der Waals surface area contributed by atoms with Gasteiger partial charge >= 0.3 is 5.97 Å². The molecule has 24 heavy (non-hydrogen) atoms. The molecule has 0 saturated heterocycles. The minimum Gasteiger partial charge on any atom is -0.481 e. The molecular weight excluding hydrogens is 371 g/mol. The van der Waals surface area contributed by atoms with Gasteiger partial charge in [-0.25, -0.2) is 0 Å². The Kier molecular flexibility index (Phi) is 6.00. The van der Waals surface area contributed by atoms with Crippen LogP contribution in [0.3, 0.4) is 0 Å². The quantitative estimate of drug-likeness (QED) is 0.681. The maximum absolute atomic E-state index is 13.1. The number of fused-ring (bicyclic) bond motifs is 1. The van der Waals surface area contributed by atoms with Crippen LogP contribution in [0.2, 0.25) is 10.0 Å². The number of carboxylic acid groups (broad SMARTS) is 1. The van der Waals surface area contributed by atoms with E-state index in [9.17, 15) is 9.59 Å². The highest BCUT2D eigenvalue weighted by Crippen LogP contribution is 2.48. The second-order valence-electron chi connectivity index (χ2n) is 6.30. The second kappa shape index (κ2) is 7.47. The zero-order chi connectivity index (χ0) is 18.1. The Labute approximate surface area is 156 Å². The minimum absolute atomic E-state index is 0.0257. The van der Waals surface area contributed by atoms with Crippen LogP contribution in [0.5, 0.6) is 0 Å². The van der Waals surface area contributed by atoms with Crippen molar-refractivity contribution in [2.24, 2.45) is 5.41 Å². The molecule has 0 radical (unpaired) electrons. The molecule has 0 aliphatic heterocycles. The van der Waals surface area contributed by atoms with E-state index in [0.29, 0.717) is 35.4 Å². The predicted molar refractivity (Wildman–Crippen MR) is 97.4 cm³/mol. The topological polar surface area (TPSA) is 54.4 Å². The van der Waals surface area contributed by atoms with Crippen LogP contribution < -0.4 is 0 Å². The first-order valence-electron chi connectivity index (χ1n) is 7.80. The van der Waals surface area contributed by atoms with Crippen molar-refractivity contribution in [2.75, 3.05) is 0 Å². The monoisotopic (exact) mass is 388 g/mol. The highest BCUT2D eigenvalue weighted by Gasteiger charge is 2.45. The number of rotatable bonds is 6. The van der Waals surface area contributed by atoms with E-state index in [4.69, 9.17) is 39.9 Å². The van der Waals surface area contributed by atoms with Gasteiger partial charge in [0.25, 0.3) is 0 Å². The molecule has 1 aromatic carbocycles. The molecule has 1 N–H and O–H groups in total. The summed E-state index contributed by atoms with van der Waals surface area (Å²) in [5.74, 6) is -1.01. The molecule has 0 fully saturated rings. The van der Waals surface area contributed by atoms with Crippen molar-refractivity contribution in [3.8, 4) is 0 Å². The number of allylic oxidation sites excluding steroid dienone is 2. The van der Waals surface area contributed by atoms with Gasteiger partial charge in [-0.05, 0) is 37.3 Å². The third-order valence-corrected chi connectivity index (χ3v) is 5.51. The van der Waals surface area contributed by atoms with Gasteiger partial charge in [0, 0.05) is 16.0 Å². The van der Waals surface area contributed by atoms with Crippen LogP contribution in [0.4, 0.5) is 0 Å². The first-order valence-corrected chi connectivity index (χ1v) is 8.94. The fraction of sp³-hybridized carbons (Fsp3) is 0.444. The highest BCUT2D eigenvalue weighted by molar-refractivity contribution is 6.45. The number of benzene rings is 1. The predicted octanol–water partition coefficient (Wildman–Crippen LogP) is 5.68. The normalized spacial score (nSPS) is 20.4. The van der Waals surface area contributed by atoms with Crippen molar-refractivity contribution in [3.63, 3.8) is 0 Å². The van der Waals surface area contributed by atoms with Gasteiger partial charge in [-0.3, -0.25) is 9.59 Å². The Balaban J connectivity index is 2.52. The lowest BCUT2D eigenvalue weighted by Crippen LogP contribution is -2.27.